The minimum Gasteiger partial charge on any atom is -0.493 e. The molecule has 2 aromatic carbocycles. The van der Waals surface area contributed by atoms with Crippen LogP contribution in [-0.4, -0.2) is 31.1 Å². The van der Waals surface area contributed by atoms with Crippen LogP contribution in [0.5, 0.6) is 5.75 Å². The molecule has 3 N–H and O–H groups in total. The average Bonchev–Trinajstić information content (AvgIpc) is 3.09. The zero-order valence-electron chi connectivity index (χ0n) is 15.3. The Morgan fingerprint density at radius 2 is 2.19 bits per heavy atom. The molecule has 6 heteroatoms. The Hall–Kier alpha value is -2.66. The van der Waals surface area contributed by atoms with Crippen molar-refractivity contribution in [1.29, 1.82) is 0 Å². The number of halogens is 1. The first-order valence-electron chi connectivity index (χ1n) is 9.19. The van der Waals surface area contributed by atoms with Gasteiger partial charge in [0.1, 0.15) is 5.75 Å². The second-order valence-electron chi connectivity index (χ2n) is 6.62. The molecule has 0 spiro atoms. The normalized spacial score (nSPS) is 16.7. The number of ether oxygens (including phenoxy) is 1. The molecule has 0 bridgehead atoms. The lowest BCUT2D eigenvalue weighted by Crippen LogP contribution is -2.41. The van der Waals surface area contributed by atoms with Crippen molar-refractivity contribution in [3.8, 4) is 5.75 Å². The number of benzene rings is 2. The summed E-state index contributed by atoms with van der Waals surface area (Å²) in [4.78, 5) is 7.67. The van der Waals surface area contributed by atoms with Crippen molar-refractivity contribution in [2.24, 2.45) is 4.99 Å². The number of aromatic nitrogens is 1. The summed E-state index contributed by atoms with van der Waals surface area (Å²) in [6.07, 6.45) is 3.84. The zero-order chi connectivity index (χ0) is 18.6. The van der Waals surface area contributed by atoms with E-state index in [-0.39, 0.29) is 6.04 Å². The van der Waals surface area contributed by atoms with E-state index in [0.29, 0.717) is 6.61 Å². The Morgan fingerprint density at radius 3 is 3.07 bits per heavy atom. The number of H-pyrrole nitrogens is 1. The molecule has 0 saturated carbocycles. The van der Waals surface area contributed by atoms with Crippen LogP contribution in [0.1, 0.15) is 23.6 Å². The molecule has 1 aromatic heterocycles. The highest BCUT2D eigenvalue weighted by molar-refractivity contribution is 6.31. The SMILES string of the molecule is CN=C(NCCc1c[nH]c2ccc(Cl)cc12)NC1CCOc2ccccc21. The number of para-hydroxylation sites is 1. The fourth-order valence-corrected chi connectivity index (χ4v) is 3.70. The van der Waals surface area contributed by atoms with Crippen LogP contribution in [0.4, 0.5) is 0 Å². The highest BCUT2D eigenvalue weighted by Gasteiger charge is 2.21. The Kier molecular flexibility index (Phi) is 5.21. The van der Waals surface area contributed by atoms with Crippen LogP contribution in [0.3, 0.4) is 0 Å². The third-order valence-corrected chi connectivity index (χ3v) is 5.14. The second-order valence-corrected chi connectivity index (χ2v) is 7.06. The number of nitrogens with one attached hydrogen (secondary N) is 3. The standard InChI is InChI=1S/C21H23ClN4O/c1-23-21(26-19-9-11-27-20-5-3-2-4-16(19)20)24-10-8-14-13-25-18-7-6-15(22)12-17(14)18/h2-7,12-13,19,25H,8-11H2,1H3,(H2,23,24,26). The molecule has 3 aromatic rings. The van der Waals surface area contributed by atoms with Gasteiger partial charge < -0.3 is 20.4 Å². The predicted molar refractivity (Wildman–Crippen MR) is 111 cm³/mol. The monoisotopic (exact) mass is 382 g/mol. The van der Waals surface area contributed by atoms with Crippen LogP contribution in [0.15, 0.2) is 53.7 Å². The first-order valence-corrected chi connectivity index (χ1v) is 9.57. The Bertz CT molecular complexity index is 966. The van der Waals surface area contributed by atoms with Crippen LogP contribution in [0, 0.1) is 0 Å². The van der Waals surface area contributed by atoms with Crippen molar-refractivity contribution < 1.29 is 4.74 Å². The number of fused-ring (bicyclic) bond motifs is 2. The highest BCUT2D eigenvalue weighted by Crippen LogP contribution is 2.31. The van der Waals surface area contributed by atoms with E-state index in [9.17, 15) is 0 Å². The maximum atomic E-state index is 6.14. The number of aliphatic imine (C=N–C) groups is 1. The van der Waals surface area contributed by atoms with Gasteiger partial charge in [-0.2, -0.15) is 0 Å². The molecule has 0 aliphatic carbocycles. The van der Waals surface area contributed by atoms with Crippen molar-refractivity contribution in [3.63, 3.8) is 0 Å². The number of aromatic amines is 1. The molecular weight excluding hydrogens is 360 g/mol. The van der Waals surface area contributed by atoms with Crippen LogP contribution >= 0.6 is 11.6 Å². The summed E-state index contributed by atoms with van der Waals surface area (Å²) in [5.41, 5.74) is 3.53. The summed E-state index contributed by atoms with van der Waals surface area (Å²) in [6, 6.07) is 14.3. The first kappa shape index (κ1) is 17.7. The summed E-state index contributed by atoms with van der Waals surface area (Å²) >= 11 is 6.14. The van der Waals surface area contributed by atoms with E-state index in [1.54, 1.807) is 7.05 Å². The molecule has 1 aliphatic heterocycles. The van der Waals surface area contributed by atoms with E-state index in [4.69, 9.17) is 16.3 Å². The van der Waals surface area contributed by atoms with E-state index in [2.05, 4.69) is 26.7 Å². The van der Waals surface area contributed by atoms with Crippen molar-refractivity contribution in [1.82, 2.24) is 15.6 Å². The van der Waals surface area contributed by atoms with Crippen molar-refractivity contribution in [2.75, 3.05) is 20.2 Å². The second kappa shape index (κ2) is 7.92. The third-order valence-electron chi connectivity index (χ3n) is 4.91. The van der Waals surface area contributed by atoms with Gasteiger partial charge in [0.2, 0.25) is 0 Å². The largest absolute Gasteiger partial charge is 0.493 e. The van der Waals surface area contributed by atoms with Gasteiger partial charge in [-0.05, 0) is 36.2 Å². The Morgan fingerprint density at radius 1 is 1.30 bits per heavy atom. The molecule has 0 amide bonds. The van der Waals surface area contributed by atoms with Crippen LogP contribution in [-0.2, 0) is 6.42 Å². The summed E-state index contributed by atoms with van der Waals surface area (Å²) in [5, 5.41) is 8.86. The van der Waals surface area contributed by atoms with E-state index >= 15 is 0 Å². The Labute approximate surface area is 163 Å². The van der Waals surface area contributed by atoms with Gasteiger partial charge in [0, 0.05) is 47.7 Å². The Balaban J connectivity index is 1.38. The van der Waals surface area contributed by atoms with Crippen molar-refractivity contribution in [2.45, 2.75) is 18.9 Å². The number of nitrogens with zero attached hydrogens (tertiary/aromatic N) is 1. The average molecular weight is 383 g/mol. The number of rotatable bonds is 4. The molecule has 1 unspecified atom stereocenters. The van der Waals surface area contributed by atoms with Crippen molar-refractivity contribution >= 4 is 28.5 Å². The fourth-order valence-electron chi connectivity index (χ4n) is 3.52. The molecule has 0 saturated heterocycles. The highest BCUT2D eigenvalue weighted by atomic mass is 35.5. The maximum absolute atomic E-state index is 6.14. The number of hydrogen-bond acceptors (Lipinski definition) is 2. The molecule has 1 aliphatic rings. The molecule has 0 fully saturated rings. The van der Waals surface area contributed by atoms with Gasteiger partial charge in [-0.25, -0.2) is 0 Å². The van der Waals surface area contributed by atoms with Gasteiger partial charge in [-0.3, -0.25) is 4.99 Å². The minimum atomic E-state index is 0.202. The summed E-state index contributed by atoms with van der Waals surface area (Å²) in [6.45, 7) is 1.49. The zero-order valence-corrected chi connectivity index (χ0v) is 16.0. The molecule has 27 heavy (non-hydrogen) atoms. The van der Waals surface area contributed by atoms with Gasteiger partial charge in [0.15, 0.2) is 5.96 Å². The van der Waals surface area contributed by atoms with Gasteiger partial charge in [0.25, 0.3) is 0 Å². The summed E-state index contributed by atoms with van der Waals surface area (Å²) < 4.78 is 5.73. The topological polar surface area (TPSA) is 61.4 Å². The van der Waals surface area contributed by atoms with Crippen LogP contribution in [0.25, 0.3) is 10.9 Å². The van der Waals surface area contributed by atoms with E-state index < -0.39 is 0 Å². The molecule has 5 nitrogen and oxygen atoms in total. The van der Waals surface area contributed by atoms with Gasteiger partial charge in [0.05, 0.1) is 12.6 Å². The van der Waals surface area contributed by atoms with E-state index in [1.807, 2.05) is 42.6 Å². The smallest absolute Gasteiger partial charge is 0.191 e. The van der Waals surface area contributed by atoms with Crippen LogP contribution in [0.2, 0.25) is 5.02 Å². The molecule has 1 atom stereocenters. The number of guanidine groups is 1. The van der Waals surface area contributed by atoms with Gasteiger partial charge in [-0.15, -0.1) is 0 Å². The maximum Gasteiger partial charge on any atom is 0.191 e. The molecule has 140 valence electrons. The summed E-state index contributed by atoms with van der Waals surface area (Å²) in [5.74, 6) is 1.75. The van der Waals surface area contributed by atoms with E-state index in [1.165, 1.54) is 16.5 Å². The van der Waals surface area contributed by atoms with Gasteiger partial charge >= 0.3 is 0 Å². The lowest BCUT2D eigenvalue weighted by atomic mass is 10.0. The quantitative estimate of drug-likeness (QED) is 0.471. The predicted octanol–water partition coefficient (Wildman–Crippen LogP) is 4.05. The minimum absolute atomic E-state index is 0.202. The molecule has 2 heterocycles. The van der Waals surface area contributed by atoms with E-state index in [0.717, 1.165) is 41.6 Å². The number of hydrogen-bond donors (Lipinski definition) is 3. The van der Waals surface area contributed by atoms with Crippen LogP contribution < -0.4 is 15.4 Å². The fraction of sp³-hybridized carbons (Fsp3) is 0.286. The van der Waals surface area contributed by atoms with Crippen molar-refractivity contribution in [3.05, 3.63) is 64.8 Å². The van der Waals surface area contributed by atoms with Gasteiger partial charge in [-0.1, -0.05) is 29.8 Å². The lowest BCUT2D eigenvalue weighted by molar-refractivity contribution is 0.261. The first-order chi connectivity index (χ1) is 13.2. The molecular formula is C21H23ClN4O. The molecule has 4 rings (SSSR count). The lowest BCUT2D eigenvalue weighted by Gasteiger charge is -2.28. The summed E-state index contributed by atoms with van der Waals surface area (Å²) in [7, 11) is 1.80. The molecule has 0 radical (unpaired) electrons. The third kappa shape index (κ3) is 3.88.